The molecule has 0 unspecified atom stereocenters. The van der Waals surface area contributed by atoms with Crippen LogP contribution in [-0.4, -0.2) is 31.2 Å². The van der Waals surface area contributed by atoms with Crippen molar-refractivity contribution in [3.63, 3.8) is 0 Å². The summed E-state index contributed by atoms with van der Waals surface area (Å²) in [4.78, 5) is 14.2. The Kier molecular flexibility index (Phi) is 4.81. The molecule has 1 aliphatic carbocycles. The number of fused-ring (bicyclic) bond motifs is 4. The van der Waals surface area contributed by atoms with Crippen LogP contribution in [0.2, 0.25) is 0 Å². The fourth-order valence-corrected chi connectivity index (χ4v) is 5.27. The zero-order valence-corrected chi connectivity index (χ0v) is 18.3. The van der Waals surface area contributed by atoms with Gasteiger partial charge in [0.2, 0.25) is 5.95 Å². The summed E-state index contributed by atoms with van der Waals surface area (Å²) >= 11 is 0. The molecule has 7 heteroatoms. The lowest BCUT2D eigenvalue weighted by Crippen LogP contribution is -2.29. The first-order valence-corrected chi connectivity index (χ1v) is 11.6. The van der Waals surface area contributed by atoms with E-state index in [1.807, 2.05) is 18.3 Å². The molecule has 164 valence electrons. The third-order valence-corrected chi connectivity index (χ3v) is 7.02. The van der Waals surface area contributed by atoms with Crippen molar-refractivity contribution in [2.75, 3.05) is 11.9 Å². The van der Waals surface area contributed by atoms with E-state index in [0.29, 0.717) is 24.4 Å². The maximum Gasteiger partial charge on any atom is 0.230 e. The van der Waals surface area contributed by atoms with Gasteiger partial charge >= 0.3 is 0 Å². The number of para-hydroxylation sites is 1. The summed E-state index contributed by atoms with van der Waals surface area (Å²) < 4.78 is 2.43. The Bertz CT molecular complexity index is 1290. The zero-order chi connectivity index (χ0) is 21.7. The van der Waals surface area contributed by atoms with Gasteiger partial charge in [0.1, 0.15) is 17.6 Å². The van der Waals surface area contributed by atoms with E-state index in [9.17, 15) is 5.11 Å². The summed E-state index contributed by atoms with van der Waals surface area (Å²) in [6.07, 6.45) is 6.20. The van der Waals surface area contributed by atoms with E-state index in [4.69, 9.17) is 4.98 Å². The van der Waals surface area contributed by atoms with Crippen LogP contribution < -0.4 is 10.6 Å². The first kappa shape index (κ1) is 19.6. The summed E-state index contributed by atoms with van der Waals surface area (Å²) in [5, 5.41) is 19.0. The molecule has 0 saturated heterocycles. The maximum absolute atomic E-state index is 10.3. The lowest BCUT2D eigenvalue weighted by atomic mass is 9.87. The molecule has 0 radical (unpaired) electrons. The highest BCUT2D eigenvalue weighted by Gasteiger charge is 2.24. The van der Waals surface area contributed by atoms with Crippen LogP contribution >= 0.6 is 0 Å². The molecule has 1 fully saturated rings. The third-order valence-electron chi connectivity index (χ3n) is 7.02. The van der Waals surface area contributed by atoms with Gasteiger partial charge in [0.15, 0.2) is 0 Å². The summed E-state index contributed by atoms with van der Waals surface area (Å²) in [6.45, 7) is 3.60. The smallest absolute Gasteiger partial charge is 0.230 e. The number of nitrogens with one attached hydrogen (secondary N) is 2. The van der Waals surface area contributed by atoms with E-state index in [1.54, 1.807) is 0 Å². The number of nitrogens with zero attached hydrogens (tertiary/aromatic N) is 4. The van der Waals surface area contributed by atoms with Gasteiger partial charge in [0.05, 0.1) is 11.2 Å². The van der Waals surface area contributed by atoms with E-state index in [2.05, 4.69) is 56.4 Å². The third kappa shape index (κ3) is 3.32. The van der Waals surface area contributed by atoms with Crippen LogP contribution in [0.5, 0.6) is 0 Å². The van der Waals surface area contributed by atoms with Crippen LogP contribution in [0.25, 0.3) is 21.9 Å². The molecule has 1 saturated carbocycles. The van der Waals surface area contributed by atoms with Crippen molar-refractivity contribution >= 4 is 33.7 Å². The van der Waals surface area contributed by atoms with Gasteiger partial charge < -0.3 is 20.3 Å². The van der Waals surface area contributed by atoms with Crippen molar-refractivity contribution in [2.45, 2.75) is 51.3 Å². The number of pyridine rings is 1. The van der Waals surface area contributed by atoms with Gasteiger partial charge in [0, 0.05) is 36.1 Å². The molecule has 6 rings (SSSR count). The topological polar surface area (TPSA) is 87.9 Å². The molecule has 3 N–H and O–H groups in total. The van der Waals surface area contributed by atoms with Gasteiger partial charge in [-0.3, -0.25) is 0 Å². The maximum atomic E-state index is 10.3. The molecule has 0 spiro atoms. The Labute approximate surface area is 186 Å². The van der Waals surface area contributed by atoms with Crippen LogP contribution in [0.1, 0.15) is 56.0 Å². The first-order valence-electron chi connectivity index (χ1n) is 11.6. The van der Waals surface area contributed by atoms with Gasteiger partial charge in [-0.25, -0.2) is 9.97 Å². The molecule has 3 aromatic heterocycles. The van der Waals surface area contributed by atoms with Crippen LogP contribution in [-0.2, 0) is 6.54 Å². The second kappa shape index (κ2) is 7.83. The highest BCUT2D eigenvalue weighted by Crippen LogP contribution is 2.38. The Morgan fingerprint density at radius 1 is 1.03 bits per heavy atom. The molecule has 4 heterocycles. The van der Waals surface area contributed by atoms with Gasteiger partial charge in [-0.2, -0.15) is 4.98 Å². The largest absolute Gasteiger partial charge is 0.385 e. The molecule has 32 heavy (non-hydrogen) atoms. The van der Waals surface area contributed by atoms with Crippen molar-refractivity contribution in [2.24, 2.45) is 5.92 Å². The number of aromatic nitrogens is 4. The highest BCUT2D eigenvalue weighted by molar-refractivity contribution is 6.06. The number of hydrogen-bond donors (Lipinski definition) is 3. The fourth-order valence-electron chi connectivity index (χ4n) is 5.27. The minimum absolute atomic E-state index is 0.459. The summed E-state index contributed by atoms with van der Waals surface area (Å²) in [5.41, 5.74) is 3.96. The Morgan fingerprint density at radius 2 is 1.88 bits per heavy atom. The summed E-state index contributed by atoms with van der Waals surface area (Å²) in [6, 6.07) is 12.9. The molecular formula is C25H28N6O. The quantitative estimate of drug-likeness (QED) is 0.442. The number of hydrogen-bond acceptors (Lipinski definition) is 6. The van der Waals surface area contributed by atoms with Crippen LogP contribution in [0.4, 0.5) is 11.8 Å². The molecule has 1 aromatic carbocycles. The van der Waals surface area contributed by atoms with Gasteiger partial charge in [-0.1, -0.05) is 31.2 Å². The predicted octanol–water partition coefficient (Wildman–Crippen LogP) is 4.61. The van der Waals surface area contributed by atoms with E-state index in [-0.39, 0.29) is 0 Å². The van der Waals surface area contributed by atoms with E-state index in [0.717, 1.165) is 34.8 Å². The zero-order valence-electron chi connectivity index (χ0n) is 18.3. The van der Waals surface area contributed by atoms with Crippen LogP contribution in [0.15, 0.2) is 42.6 Å². The molecule has 7 nitrogen and oxygen atoms in total. The van der Waals surface area contributed by atoms with Crippen molar-refractivity contribution < 1.29 is 5.11 Å². The highest BCUT2D eigenvalue weighted by atomic mass is 16.3. The van der Waals surface area contributed by atoms with Gasteiger partial charge in [0.25, 0.3) is 0 Å². The lowest BCUT2D eigenvalue weighted by molar-refractivity contribution is 0.160. The number of benzene rings is 1. The number of aliphatic hydroxyl groups excluding tert-OH is 1. The summed E-state index contributed by atoms with van der Waals surface area (Å²) in [7, 11) is 0. The van der Waals surface area contributed by atoms with Gasteiger partial charge in [-0.15, -0.1) is 0 Å². The van der Waals surface area contributed by atoms with Crippen molar-refractivity contribution in [1.29, 1.82) is 0 Å². The monoisotopic (exact) mass is 428 g/mol. The van der Waals surface area contributed by atoms with Gasteiger partial charge in [-0.05, 0) is 49.3 Å². The molecule has 2 aliphatic rings. The standard InChI is InChI=1S/C25H28N6O/c1-15-6-9-17(10-7-15)31-20-5-3-2-4-18(20)19-13-27-25(30-24(19)31)29-22-11-8-16-12-26-14-21(32)23(16)28-22/h2-5,8,11,13,15,17,21,26,32H,6-7,9-10,12,14H2,1H3,(H,27,28,29,30)/t15-,17-,21-/m0/s1. The van der Waals surface area contributed by atoms with Crippen LogP contribution in [0.3, 0.4) is 0 Å². The second-order valence-corrected chi connectivity index (χ2v) is 9.24. The average molecular weight is 429 g/mol. The Morgan fingerprint density at radius 3 is 2.75 bits per heavy atom. The summed E-state index contributed by atoms with van der Waals surface area (Å²) in [5.74, 6) is 1.98. The fraction of sp³-hybridized carbons (Fsp3) is 0.400. The second-order valence-electron chi connectivity index (χ2n) is 9.24. The molecule has 4 aromatic rings. The number of β-amino-alcohol motifs (C(OH)–C–C–N with tert-alkyl or cyclic N) is 1. The van der Waals surface area contributed by atoms with Crippen molar-refractivity contribution in [1.82, 2.24) is 24.8 Å². The minimum atomic E-state index is -0.597. The molecular weight excluding hydrogens is 400 g/mol. The number of anilines is 2. The lowest BCUT2D eigenvalue weighted by Gasteiger charge is -2.28. The molecule has 1 aliphatic heterocycles. The number of aliphatic hydroxyl groups is 1. The van der Waals surface area contributed by atoms with E-state index >= 15 is 0 Å². The predicted molar refractivity (Wildman–Crippen MR) is 126 cm³/mol. The first-order chi connectivity index (χ1) is 15.7. The van der Waals surface area contributed by atoms with E-state index in [1.165, 1.54) is 36.6 Å². The number of rotatable bonds is 3. The van der Waals surface area contributed by atoms with Crippen molar-refractivity contribution in [3.8, 4) is 0 Å². The average Bonchev–Trinajstić information content (AvgIpc) is 3.14. The van der Waals surface area contributed by atoms with Crippen molar-refractivity contribution in [3.05, 3.63) is 53.9 Å². The van der Waals surface area contributed by atoms with E-state index < -0.39 is 6.10 Å². The molecule has 1 atom stereocenters. The SMILES string of the molecule is C[C@H]1CC[C@H](n2c3ccccc3c3cnc(Nc4ccc5c(n4)[C@@H](O)CNC5)nc32)CC1. The Hall–Kier alpha value is -3.03. The molecule has 0 amide bonds. The Balaban J connectivity index is 1.41. The molecule has 0 bridgehead atoms. The normalized spacial score (nSPS) is 23.4. The van der Waals surface area contributed by atoms with Crippen LogP contribution in [0, 0.1) is 5.92 Å². The minimum Gasteiger partial charge on any atom is -0.385 e.